The van der Waals surface area contributed by atoms with Gasteiger partial charge in [0, 0.05) is 18.9 Å². The van der Waals surface area contributed by atoms with Gasteiger partial charge in [-0.1, -0.05) is 19.9 Å². The number of aryl methyl sites for hydroxylation is 1. The van der Waals surface area contributed by atoms with Crippen LogP contribution in [0.15, 0.2) is 18.2 Å². The number of carboxylic acids is 1. The van der Waals surface area contributed by atoms with Crippen molar-refractivity contribution < 1.29 is 14.7 Å². The van der Waals surface area contributed by atoms with Gasteiger partial charge in [0.05, 0.1) is 11.1 Å². The van der Waals surface area contributed by atoms with Crippen molar-refractivity contribution in [1.82, 2.24) is 9.55 Å². The van der Waals surface area contributed by atoms with Gasteiger partial charge in [0.15, 0.2) is 0 Å². The zero-order valence-corrected chi connectivity index (χ0v) is 11.5. The van der Waals surface area contributed by atoms with E-state index in [1.807, 2.05) is 24.5 Å². The van der Waals surface area contributed by atoms with E-state index in [0.717, 1.165) is 11.3 Å². The van der Waals surface area contributed by atoms with Crippen molar-refractivity contribution in [2.45, 2.75) is 32.7 Å². The van der Waals surface area contributed by atoms with Gasteiger partial charge in [-0.15, -0.1) is 0 Å². The van der Waals surface area contributed by atoms with E-state index >= 15 is 0 Å². The molecule has 0 aliphatic heterocycles. The molecule has 1 amide bonds. The number of aromatic carboxylic acids is 1. The number of rotatable bonds is 5. The van der Waals surface area contributed by atoms with Crippen molar-refractivity contribution in [1.29, 1.82) is 0 Å². The van der Waals surface area contributed by atoms with Gasteiger partial charge in [-0.05, 0) is 12.1 Å². The molecule has 2 rings (SSSR count). The number of hydrogen-bond acceptors (Lipinski definition) is 3. The van der Waals surface area contributed by atoms with Gasteiger partial charge in [-0.3, -0.25) is 4.79 Å². The second-order valence-electron chi connectivity index (χ2n) is 4.97. The number of aromatic nitrogens is 2. The third-order valence-electron chi connectivity index (χ3n) is 3.14. The van der Waals surface area contributed by atoms with Crippen molar-refractivity contribution in [2.24, 2.45) is 5.73 Å². The molecule has 0 bridgehead atoms. The molecule has 106 valence electrons. The largest absolute Gasteiger partial charge is 0.478 e. The fourth-order valence-corrected chi connectivity index (χ4v) is 2.24. The first-order valence-electron chi connectivity index (χ1n) is 6.42. The van der Waals surface area contributed by atoms with Crippen LogP contribution in [-0.4, -0.2) is 26.5 Å². The lowest BCUT2D eigenvalue weighted by Gasteiger charge is -2.10. The summed E-state index contributed by atoms with van der Waals surface area (Å²) in [6, 6.07) is 5.01. The van der Waals surface area contributed by atoms with Gasteiger partial charge in [0.25, 0.3) is 0 Å². The van der Waals surface area contributed by atoms with Crippen LogP contribution >= 0.6 is 0 Å². The molecule has 2 aromatic rings. The Balaban J connectivity index is 2.63. The molecule has 0 radical (unpaired) electrons. The highest BCUT2D eigenvalue weighted by Crippen LogP contribution is 2.24. The summed E-state index contributed by atoms with van der Waals surface area (Å²) < 4.78 is 1.87. The summed E-state index contributed by atoms with van der Waals surface area (Å²) in [7, 11) is 0. The van der Waals surface area contributed by atoms with Crippen molar-refractivity contribution in [2.75, 3.05) is 0 Å². The van der Waals surface area contributed by atoms with Gasteiger partial charge < -0.3 is 15.4 Å². The highest BCUT2D eigenvalue weighted by atomic mass is 16.4. The van der Waals surface area contributed by atoms with Crippen molar-refractivity contribution in [3.05, 3.63) is 29.6 Å². The maximum absolute atomic E-state index is 11.2. The number of carbonyl (C=O) groups excluding carboxylic acids is 1. The Labute approximate surface area is 116 Å². The van der Waals surface area contributed by atoms with E-state index in [2.05, 4.69) is 4.98 Å². The minimum absolute atomic E-state index is 0.122. The molecular formula is C14H17N3O3. The molecule has 0 aliphatic carbocycles. The molecule has 3 N–H and O–H groups in total. The number of primary amides is 1. The predicted molar refractivity (Wildman–Crippen MR) is 74.6 cm³/mol. The summed E-state index contributed by atoms with van der Waals surface area (Å²) >= 11 is 0. The Bertz CT molecular complexity index is 674. The monoisotopic (exact) mass is 275 g/mol. The normalized spacial score (nSPS) is 11.2. The molecule has 1 aromatic carbocycles. The molecule has 6 nitrogen and oxygen atoms in total. The Morgan fingerprint density at radius 3 is 2.65 bits per heavy atom. The number of nitrogens with zero attached hydrogens (tertiary/aromatic N) is 2. The zero-order chi connectivity index (χ0) is 14.9. The number of fused-ring (bicyclic) bond motifs is 1. The van der Waals surface area contributed by atoms with Gasteiger partial charge in [0.2, 0.25) is 5.91 Å². The van der Waals surface area contributed by atoms with Crippen molar-refractivity contribution in [3.8, 4) is 0 Å². The molecule has 0 atom stereocenters. The standard InChI is InChI=1S/C14H17N3O3/c1-8(2)13-16-12-9(14(19)20)4-3-5-10(12)17(13)7-6-11(15)18/h3-5,8H,6-7H2,1-2H3,(H2,15,18)(H,19,20). The number of carboxylic acid groups (broad SMARTS) is 1. The molecule has 20 heavy (non-hydrogen) atoms. The van der Waals surface area contributed by atoms with Crippen molar-refractivity contribution in [3.63, 3.8) is 0 Å². The Hall–Kier alpha value is -2.37. The quantitative estimate of drug-likeness (QED) is 0.868. The summed E-state index contributed by atoms with van der Waals surface area (Å²) in [5.74, 6) is -0.520. The maximum atomic E-state index is 11.2. The minimum atomic E-state index is -1.01. The molecular weight excluding hydrogens is 258 g/mol. The first-order valence-corrected chi connectivity index (χ1v) is 6.42. The predicted octanol–water partition coefficient (Wildman–Crippen LogP) is 1.73. The third-order valence-corrected chi connectivity index (χ3v) is 3.14. The molecule has 1 aromatic heterocycles. The number of para-hydroxylation sites is 1. The van der Waals surface area contributed by atoms with E-state index in [-0.39, 0.29) is 17.9 Å². The number of imidazole rings is 1. The Morgan fingerprint density at radius 1 is 1.40 bits per heavy atom. The molecule has 0 saturated carbocycles. The Kier molecular flexibility index (Phi) is 3.74. The molecule has 0 spiro atoms. The van der Waals surface area contributed by atoms with Crippen molar-refractivity contribution >= 4 is 22.9 Å². The van der Waals surface area contributed by atoms with E-state index in [0.29, 0.717) is 12.1 Å². The van der Waals surface area contributed by atoms with E-state index in [4.69, 9.17) is 5.73 Å². The average molecular weight is 275 g/mol. The van der Waals surface area contributed by atoms with Gasteiger partial charge in [0.1, 0.15) is 11.3 Å². The molecule has 0 fully saturated rings. The zero-order valence-electron chi connectivity index (χ0n) is 11.5. The summed E-state index contributed by atoms with van der Waals surface area (Å²) in [6.07, 6.45) is 0.197. The SMILES string of the molecule is CC(C)c1nc2c(C(=O)O)cccc2n1CCC(N)=O. The van der Waals surface area contributed by atoms with Crippen LogP contribution in [0.5, 0.6) is 0 Å². The topological polar surface area (TPSA) is 98.2 Å². The van der Waals surface area contributed by atoms with E-state index in [1.54, 1.807) is 6.07 Å². The maximum Gasteiger partial charge on any atom is 0.337 e. The molecule has 1 heterocycles. The highest BCUT2D eigenvalue weighted by Gasteiger charge is 2.18. The number of nitrogens with two attached hydrogens (primary N) is 1. The summed E-state index contributed by atoms with van der Waals surface area (Å²) in [5, 5.41) is 9.22. The lowest BCUT2D eigenvalue weighted by Crippen LogP contribution is -2.15. The summed E-state index contributed by atoms with van der Waals surface area (Å²) in [4.78, 5) is 26.7. The fraction of sp³-hybridized carbons (Fsp3) is 0.357. The third kappa shape index (κ3) is 2.49. The molecule has 0 saturated heterocycles. The number of benzene rings is 1. The van der Waals surface area contributed by atoms with Crippen LogP contribution in [-0.2, 0) is 11.3 Å². The summed E-state index contributed by atoms with van der Waals surface area (Å²) in [6.45, 7) is 4.35. The Morgan fingerprint density at radius 2 is 2.10 bits per heavy atom. The van der Waals surface area contributed by atoms with Gasteiger partial charge in [-0.2, -0.15) is 0 Å². The van der Waals surface area contributed by atoms with Crippen LogP contribution in [0.25, 0.3) is 11.0 Å². The lowest BCUT2D eigenvalue weighted by molar-refractivity contribution is -0.118. The van der Waals surface area contributed by atoms with Gasteiger partial charge in [-0.25, -0.2) is 9.78 Å². The first-order chi connectivity index (χ1) is 9.41. The second kappa shape index (κ2) is 5.32. The fourth-order valence-electron chi connectivity index (χ4n) is 2.24. The van der Waals surface area contributed by atoms with E-state index in [9.17, 15) is 14.7 Å². The number of amides is 1. The van der Waals surface area contributed by atoms with Crippen LogP contribution in [0.4, 0.5) is 0 Å². The van der Waals surface area contributed by atoms with Crippen LogP contribution in [0.2, 0.25) is 0 Å². The number of hydrogen-bond donors (Lipinski definition) is 2. The highest BCUT2D eigenvalue weighted by molar-refractivity contribution is 6.01. The molecule has 6 heteroatoms. The molecule has 0 unspecified atom stereocenters. The van der Waals surface area contributed by atoms with Crippen LogP contribution in [0, 0.1) is 0 Å². The van der Waals surface area contributed by atoms with E-state index in [1.165, 1.54) is 6.07 Å². The average Bonchev–Trinajstić information content (AvgIpc) is 2.74. The van der Waals surface area contributed by atoms with E-state index < -0.39 is 11.9 Å². The smallest absolute Gasteiger partial charge is 0.337 e. The van der Waals surface area contributed by atoms with Gasteiger partial charge >= 0.3 is 5.97 Å². The minimum Gasteiger partial charge on any atom is -0.478 e. The lowest BCUT2D eigenvalue weighted by atomic mass is 10.2. The number of carbonyl (C=O) groups is 2. The van der Waals surface area contributed by atoms with Crippen LogP contribution < -0.4 is 5.73 Å². The second-order valence-corrected chi connectivity index (χ2v) is 4.97. The van der Waals surface area contributed by atoms with Crippen LogP contribution in [0.3, 0.4) is 0 Å². The first kappa shape index (κ1) is 14.0. The summed E-state index contributed by atoms with van der Waals surface area (Å²) in [5.41, 5.74) is 6.53. The van der Waals surface area contributed by atoms with Crippen LogP contribution in [0.1, 0.15) is 42.4 Å². The molecule has 0 aliphatic rings.